The minimum Gasteiger partial charge on any atom is -0.494 e. The van der Waals surface area contributed by atoms with E-state index in [2.05, 4.69) is 16.0 Å². The van der Waals surface area contributed by atoms with Gasteiger partial charge in [0.25, 0.3) is 0 Å². The number of aromatic nitrogens is 1. The minimum absolute atomic E-state index is 0.505. The van der Waals surface area contributed by atoms with Gasteiger partial charge >= 0.3 is 0 Å². The molecule has 20 heavy (non-hydrogen) atoms. The van der Waals surface area contributed by atoms with Crippen LogP contribution in [0.4, 0.5) is 0 Å². The Hall–Kier alpha value is -1.36. The van der Waals surface area contributed by atoms with Gasteiger partial charge in [-0.25, -0.2) is 4.98 Å². The number of hydrogen-bond donors (Lipinski definition) is 0. The molecule has 0 bridgehead atoms. The molecule has 0 aliphatic carbocycles. The third-order valence-electron chi connectivity index (χ3n) is 3.57. The third-order valence-corrected chi connectivity index (χ3v) is 3.77. The van der Waals surface area contributed by atoms with E-state index in [9.17, 15) is 0 Å². The molecule has 1 aromatic heterocycles. The fourth-order valence-corrected chi connectivity index (χ4v) is 2.77. The van der Waals surface area contributed by atoms with Gasteiger partial charge in [-0.1, -0.05) is 23.7 Å². The Morgan fingerprint density at radius 3 is 2.90 bits per heavy atom. The van der Waals surface area contributed by atoms with Crippen molar-refractivity contribution in [3.05, 3.63) is 35.0 Å². The number of ether oxygens (including phenoxy) is 2. The largest absolute Gasteiger partial charge is 0.494 e. The average molecular weight is 293 g/mol. The number of morpholine rings is 1. The van der Waals surface area contributed by atoms with Gasteiger partial charge in [-0.05, 0) is 17.7 Å². The molecule has 0 radical (unpaired) electrons. The predicted molar refractivity (Wildman–Crippen MR) is 79.4 cm³/mol. The van der Waals surface area contributed by atoms with Crippen LogP contribution < -0.4 is 4.74 Å². The molecule has 2 aromatic rings. The van der Waals surface area contributed by atoms with Gasteiger partial charge in [0.1, 0.15) is 16.4 Å². The normalized spacial score (nSPS) is 16.5. The number of pyridine rings is 1. The molecule has 3 rings (SSSR count). The summed E-state index contributed by atoms with van der Waals surface area (Å²) >= 11 is 6.16. The van der Waals surface area contributed by atoms with Crippen molar-refractivity contribution in [2.24, 2.45) is 0 Å². The van der Waals surface area contributed by atoms with Crippen molar-refractivity contribution >= 4 is 22.5 Å². The zero-order valence-electron chi connectivity index (χ0n) is 11.4. The summed E-state index contributed by atoms with van der Waals surface area (Å²) in [5, 5.41) is 1.60. The molecule has 1 saturated heterocycles. The SMILES string of the molecule is COc1cccc2c(CN3CCOCC3)cc(Cl)nc12. The lowest BCUT2D eigenvalue weighted by Crippen LogP contribution is -2.35. The molecular formula is C15H17ClN2O2. The van der Waals surface area contributed by atoms with Crippen LogP contribution in [0.15, 0.2) is 24.3 Å². The van der Waals surface area contributed by atoms with E-state index in [4.69, 9.17) is 21.1 Å². The Morgan fingerprint density at radius 1 is 1.35 bits per heavy atom. The zero-order valence-corrected chi connectivity index (χ0v) is 12.2. The second-order valence-electron chi connectivity index (χ2n) is 4.85. The van der Waals surface area contributed by atoms with Crippen molar-refractivity contribution in [2.45, 2.75) is 6.54 Å². The Bertz CT molecular complexity index is 612. The number of benzene rings is 1. The van der Waals surface area contributed by atoms with E-state index in [0.29, 0.717) is 5.15 Å². The van der Waals surface area contributed by atoms with Crippen molar-refractivity contribution in [2.75, 3.05) is 33.4 Å². The van der Waals surface area contributed by atoms with Gasteiger partial charge in [0.15, 0.2) is 0 Å². The lowest BCUT2D eigenvalue weighted by molar-refractivity contribution is 0.0343. The van der Waals surface area contributed by atoms with Gasteiger partial charge in [0.05, 0.1) is 20.3 Å². The Morgan fingerprint density at radius 2 is 2.15 bits per heavy atom. The molecule has 2 heterocycles. The predicted octanol–water partition coefficient (Wildman–Crippen LogP) is 2.73. The molecule has 0 N–H and O–H groups in total. The van der Waals surface area contributed by atoms with Crippen molar-refractivity contribution in [1.82, 2.24) is 9.88 Å². The topological polar surface area (TPSA) is 34.6 Å². The van der Waals surface area contributed by atoms with Crippen molar-refractivity contribution in [1.29, 1.82) is 0 Å². The van der Waals surface area contributed by atoms with E-state index in [0.717, 1.165) is 49.5 Å². The number of fused-ring (bicyclic) bond motifs is 1. The summed E-state index contributed by atoms with van der Waals surface area (Å²) in [6.07, 6.45) is 0. The number of rotatable bonds is 3. The highest BCUT2D eigenvalue weighted by Gasteiger charge is 2.14. The van der Waals surface area contributed by atoms with Crippen LogP contribution in [0.25, 0.3) is 10.9 Å². The molecule has 5 heteroatoms. The van der Waals surface area contributed by atoms with E-state index < -0.39 is 0 Å². The van der Waals surface area contributed by atoms with E-state index >= 15 is 0 Å². The van der Waals surface area contributed by atoms with Crippen LogP contribution in [-0.2, 0) is 11.3 Å². The van der Waals surface area contributed by atoms with Crippen LogP contribution in [-0.4, -0.2) is 43.3 Å². The monoisotopic (exact) mass is 292 g/mol. The highest BCUT2D eigenvalue weighted by Crippen LogP contribution is 2.29. The van der Waals surface area contributed by atoms with Gasteiger partial charge in [-0.15, -0.1) is 0 Å². The molecule has 1 aromatic carbocycles. The summed E-state index contributed by atoms with van der Waals surface area (Å²) in [5.41, 5.74) is 2.01. The molecule has 0 amide bonds. The second-order valence-corrected chi connectivity index (χ2v) is 5.24. The maximum absolute atomic E-state index is 6.16. The molecule has 1 aliphatic heterocycles. The minimum atomic E-state index is 0.505. The summed E-state index contributed by atoms with van der Waals surface area (Å²) in [6.45, 7) is 4.34. The molecule has 1 fully saturated rings. The second kappa shape index (κ2) is 5.95. The van der Waals surface area contributed by atoms with Crippen molar-refractivity contribution in [3.63, 3.8) is 0 Å². The molecule has 0 spiro atoms. The molecule has 0 saturated carbocycles. The molecule has 0 atom stereocenters. The number of methoxy groups -OCH3 is 1. The number of hydrogen-bond acceptors (Lipinski definition) is 4. The highest BCUT2D eigenvalue weighted by molar-refractivity contribution is 6.30. The van der Waals surface area contributed by atoms with E-state index in [-0.39, 0.29) is 0 Å². The summed E-state index contributed by atoms with van der Waals surface area (Å²) < 4.78 is 10.8. The highest BCUT2D eigenvalue weighted by atomic mass is 35.5. The van der Waals surface area contributed by atoms with Crippen LogP contribution in [0.3, 0.4) is 0 Å². The summed E-state index contributed by atoms with van der Waals surface area (Å²) in [6, 6.07) is 7.90. The number of nitrogens with zero attached hydrogens (tertiary/aromatic N) is 2. The van der Waals surface area contributed by atoms with Crippen LogP contribution in [0.2, 0.25) is 5.15 Å². The van der Waals surface area contributed by atoms with Gasteiger partial charge in [0.2, 0.25) is 0 Å². The molecule has 4 nitrogen and oxygen atoms in total. The van der Waals surface area contributed by atoms with Gasteiger partial charge < -0.3 is 9.47 Å². The molecular weight excluding hydrogens is 276 g/mol. The van der Waals surface area contributed by atoms with Crippen LogP contribution in [0.1, 0.15) is 5.56 Å². The zero-order chi connectivity index (χ0) is 13.9. The quantitative estimate of drug-likeness (QED) is 0.815. The fourth-order valence-electron chi connectivity index (χ4n) is 2.55. The van der Waals surface area contributed by atoms with Crippen LogP contribution in [0.5, 0.6) is 5.75 Å². The van der Waals surface area contributed by atoms with E-state index in [1.54, 1.807) is 7.11 Å². The van der Waals surface area contributed by atoms with Gasteiger partial charge in [-0.3, -0.25) is 4.90 Å². The Labute approximate surface area is 123 Å². The maximum Gasteiger partial charge on any atom is 0.145 e. The average Bonchev–Trinajstić information content (AvgIpc) is 2.47. The smallest absolute Gasteiger partial charge is 0.145 e. The van der Waals surface area contributed by atoms with E-state index in [1.165, 1.54) is 5.56 Å². The Kier molecular flexibility index (Phi) is 4.05. The van der Waals surface area contributed by atoms with Crippen LogP contribution >= 0.6 is 11.6 Å². The fraction of sp³-hybridized carbons (Fsp3) is 0.400. The van der Waals surface area contributed by atoms with Crippen molar-refractivity contribution < 1.29 is 9.47 Å². The lowest BCUT2D eigenvalue weighted by Gasteiger charge is -2.27. The van der Waals surface area contributed by atoms with Gasteiger partial charge in [-0.2, -0.15) is 0 Å². The Balaban J connectivity index is 2.00. The van der Waals surface area contributed by atoms with Crippen molar-refractivity contribution in [3.8, 4) is 5.75 Å². The van der Waals surface area contributed by atoms with E-state index in [1.807, 2.05) is 18.2 Å². The van der Waals surface area contributed by atoms with Crippen LogP contribution in [0, 0.1) is 0 Å². The van der Waals surface area contributed by atoms with Gasteiger partial charge in [0, 0.05) is 25.0 Å². The third kappa shape index (κ3) is 2.73. The molecule has 0 unspecified atom stereocenters. The first-order chi connectivity index (χ1) is 9.78. The molecule has 1 aliphatic rings. The first-order valence-corrected chi connectivity index (χ1v) is 7.08. The maximum atomic E-state index is 6.16. The first-order valence-electron chi connectivity index (χ1n) is 6.70. The number of halogens is 1. The summed E-state index contributed by atoms with van der Waals surface area (Å²) in [4.78, 5) is 6.77. The lowest BCUT2D eigenvalue weighted by atomic mass is 10.1. The first kappa shape index (κ1) is 13.6. The standard InChI is InChI=1S/C15H17ClN2O2/c1-19-13-4-2-3-12-11(9-14(16)17-15(12)13)10-18-5-7-20-8-6-18/h2-4,9H,5-8,10H2,1H3. The summed E-state index contributed by atoms with van der Waals surface area (Å²) in [7, 11) is 1.65. The number of para-hydroxylation sites is 1. The summed E-state index contributed by atoms with van der Waals surface area (Å²) in [5.74, 6) is 0.758. The molecule has 106 valence electrons.